The Balaban J connectivity index is 1.67. The van der Waals surface area contributed by atoms with Crippen LogP contribution in [0.3, 0.4) is 0 Å². The quantitative estimate of drug-likeness (QED) is 0.397. The van der Waals surface area contributed by atoms with Crippen molar-refractivity contribution < 1.29 is 24.3 Å². The van der Waals surface area contributed by atoms with Gasteiger partial charge in [-0.15, -0.1) is 0 Å². The summed E-state index contributed by atoms with van der Waals surface area (Å²) in [5, 5.41) is 14.8. The van der Waals surface area contributed by atoms with E-state index in [9.17, 15) is 24.3 Å². The monoisotopic (exact) mass is 395 g/mol. The van der Waals surface area contributed by atoms with Crippen molar-refractivity contribution in [1.82, 2.24) is 20.4 Å². The van der Waals surface area contributed by atoms with Crippen LogP contribution in [0.1, 0.15) is 38.5 Å². The molecule has 0 aromatic carbocycles. The zero-order valence-corrected chi connectivity index (χ0v) is 15.9. The van der Waals surface area contributed by atoms with Crippen molar-refractivity contribution in [2.24, 2.45) is 5.73 Å². The van der Waals surface area contributed by atoms with Gasteiger partial charge in [-0.25, -0.2) is 0 Å². The van der Waals surface area contributed by atoms with Crippen LogP contribution in [0.2, 0.25) is 0 Å². The van der Waals surface area contributed by atoms with Crippen molar-refractivity contribution in [3.05, 3.63) is 0 Å². The molecule has 4 atom stereocenters. The lowest BCUT2D eigenvalue weighted by Gasteiger charge is -2.32. The van der Waals surface area contributed by atoms with Gasteiger partial charge in [0.2, 0.25) is 23.6 Å². The summed E-state index contributed by atoms with van der Waals surface area (Å²) >= 11 is 0. The molecule has 3 aliphatic heterocycles. The molecule has 0 bridgehead atoms. The summed E-state index contributed by atoms with van der Waals surface area (Å²) in [5.74, 6) is -1.59. The minimum atomic E-state index is -1.18. The maximum Gasteiger partial charge on any atom is 0.246 e. The summed E-state index contributed by atoms with van der Waals surface area (Å²) < 4.78 is 0. The lowest BCUT2D eigenvalue weighted by atomic mass is 10.1. The van der Waals surface area contributed by atoms with Crippen LogP contribution in [0.4, 0.5) is 0 Å². The van der Waals surface area contributed by atoms with E-state index < -0.39 is 36.5 Å². The number of nitrogens with zero attached hydrogens (tertiary/aromatic N) is 2. The first-order chi connectivity index (χ1) is 13.4. The summed E-state index contributed by atoms with van der Waals surface area (Å²) in [5.41, 5.74) is 5.16. The van der Waals surface area contributed by atoms with Gasteiger partial charge in [-0.1, -0.05) is 0 Å². The number of carbonyl (C=O) groups is 4. The van der Waals surface area contributed by atoms with Gasteiger partial charge in [-0.3, -0.25) is 19.2 Å². The Morgan fingerprint density at radius 2 is 1.64 bits per heavy atom. The van der Waals surface area contributed by atoms with Gasteiger partial charge < -0.3 is 31.3 Å². The molecule has 156 valence electrons. The molecule has 3 saturated heterocycles. The number of nitrogens with one attached hydrogen (secondary N) is 2. The Kier molecular flexibility index (Phi) is 6.50. The Bertz CT molecular complexity index is 636. The molecule has 0 aromatic heterocycles. The summed E-state index contributed by atoms with van der Waals surface area (Å²) in [6.07, 6.45) is 4.20. The highest BCUT2D eigenvalue weighted by Crippen LogP contribution is 2.26. The summed E-state index contributed by atoms with van der Waals surface area (Å²) in [7, 11) is 0. The van der Waals surface area contributed by atoms with E-state index in [0.717, 1.165) is 25.8 Å². The fraction of sp³-hybridized carbons (Fsp3) is 0.778. The van der Waals surface area contributed by atoms with Crippen molar-refractivity contribution in [2.75, 3.05) is 26.2 Å². The zero-order chi connectivity index (χ0) is 20.3. The first-order valence-electron chi connectivity index (χ1n) is 9.99. The molecule has 0 spiro atoms. The van der Waals surface area contributed by atoms with Crippen molar-refractivity contribution in [3.8, 4) is 0 Å². The third kappa shape index (κ3) is 4.12. The van der Waals surface area contributed by atoms with Crippen LogP contribution in [0, 0.1) is 0 Å². The Morgan fingerprint density at radius 1 is 1.00 bits per heavy atom. The van der Waals surface area contributed by atoms with Crippen molar-refractivity contribution in [1.29, 1.82) is 0 Å². The fourth-order valence-electron chi connectivity index (χ4n) is 4.35. The summed E-state index contributed by atoms with van der Waals surface area (Å²) in [4.78, 5) is 52.9. The lowest BCUT2D eigenvalue weighted by molar-refractivity contribution is -0.147. The molecule has 0 aromatic rings. The highest BCUT2D eigenvalue weighted by Gasteiger charge is 2.43. The second-order valence-electron chi connectivity index (χ2n) is 7.67. The van der Waals surface area contributed by atoms with Gasteiger partial charge in [0.25, 0.3) is 0 Å². The molecule has 0 unspecified atom stereocenters. The SMILES string of the molecule is NC(=O)[C@H](CO)NC(=O)[C@@H]1CCCN1C(=O)[C@@H]1CCCN1C(=O)[C@@H]1CCCN1. The van der Waals surface area contributed by atoms with Gasteiger partial charge in [-0.05, 0) is 45.1 Å². The van der Waals surface area contributed by atoms with Crippen LogP contribution >= 0.6 is 0 Å². The number of carbonyl (C=O) groups excluding carboxylic acids is 4. The van der Waals surface area contributed by atoms with E-state index in [4.69, 9.17) is 5.73 Å². The third-order valence-corrected chi connectivity index (χ3v) is 5.86. The maximum absolute atomic E-state index is 13.2. The number of aliphatic hydroxyl groups excluding tert-OH is 1. The third-order valence-electron chi connectivity index (χ3n) is 5.86. The van der Waals surface area contributed by atoms with Crippen molar-refractivity contribution in [2.45, 2.75) is 62.7 Å². The van der Waals surface area contributed by atoms with Gasteiger partial charge >= 0.3 is 0 Å². The second-order valence-corrected chi connectivity index (χ2v) is 7.67. The second kappa shape index (κ2) is 8.87. The number of aliphatic hydroxyl groups is 1. The minimum Gasteiger partial charge on any atom is -0.394 e. The van der Waals surface area contributed by atoms with E-state index in [1.807, 2.05) is 0 Å². The molecule has 5 N–H and O–H groups in total. The molecule has 10 nitrogen and oxygen atoms in total. The highest BCUT2D eigenvalue weighted by molar-refractivity contribution is 5.95. The minimum absolute atomic E-state index is 0.0392. The molecule has 3 heterocycles. The van der Waals surface area contributed by atoms with Crippen molar-refractivity contribution >= 4 is 23.6 Å². The van der Waals surface area contributed by atoms with E-state index in [0.29, 0.717) is 32.4 Å². The Hall–Kier alpha value is -2.20. The molecule has 0 radical (unpaired) electrons. The largest absolute Gasteiger partial charge is 0.394 e. The number of amides is 4. The molecule has 0 aliphatic carbocycles. The number of hydrogen-bond acceptors (Lipinski definition) is 6. The molecule has 3 rings (SSSR count). The molecule has 10 heteroatoms. The maximum atomic E-state index is 13.2. The van der Waals surface area contributed by atoms with Crippen molar-refractivity contribution in [3.63, 3.8) is 0 Å². The smallest absolute Gasteiger partial charge is 0.246 e. The van der Waals surface area contributed by atoms with Gasteiger partial charge in [0.15, 0.2) is 0 Å². The lowest BCUT2D eigenvalue weighted by Crippen LogP contribution is -2.57. The fourth-order valence-corrected chi connectivity index (χ4v) is 4.35. The van der Waals surface area contributed by atoms with Crippen LogP contribution in [0.15, 0.2) is 0 Å². The molecule has 3 aliphatic rings. The summed E-state index contributed by atoms with van der Waals surface area (Å²) in [6, 6.07) is -2.67. The first kappa shape index (κ1) is 20.5. The molecular weight excluding hydrogens is 366 g/mol. The van der Waals surface area contributed by atoms with Crippen LogP contribution in [0.5, 0.6) is 0 Å². The van der Waals surface area contributed by atoms with E-state index >= 15 is 0 Å². The molecule has 4 amide bonds. The van der Waals surface area contributed by atoms with Crippen LogP contribution in [-0.4, -0.2) is 88.9 Å². The van der Waals surface area contributed by atoms with Gasteiger partial charge in [0.1, 0.15) is 18.1 Å². The van der Waals surface area contributed by atoms with E-state index in [-0.39, 0.29) is 17.9 Å². The van der Waals surface area contributed by atoms with Crippen LogP contribution in [0.25, 0.3) is 0 Å². The zero-order valence-electron chi connectivity index (χ0n) is 15.9. The standard InChI is InChI=1S/C18H29N5O5/c19-15(25)12(10-24)21-16(26)13-5-2-8-22(13)18(28)14-6-3-9-23(14)17(27)11-4-1-7-20-11/h11-14,20,24H,1-10H2,(H2,19,25)(H,21,26)/t11-,12-,13-,14-/m0/s1. The number of nitrogens with two attached hydrogens (primary N) is 1. The van der Waals surface area contributed by atoms with E-state index in [1.54, 1.807) is 4.90 Å². The molecule has 28 heavy (non-hydrogen) atoms. The highest BCUT2D eigenvalue weighted by atomic mass is 16.3. The van der Waals surface area contributed by atoms with Crippen LogP contribution < -0.4 is 16.4 Å². The molecule has 3 fully saturated rings. The van der Waals surface area contributed by atoms with Gasteiger partial charge in [0, 0.05) is 13.1 Å². The predicted molar refractivity (Wildman–Crippen MR) is 98.7 cm³/mol. The molecular formula is C18H29N5O5. The number of hydrogen-bond donors (Lipinski definition) is 4. The summed E-state index contributed by atoms with van der Waals surface area (Å²) in [6.45, 7) is 1.19. The molecule has 0 saturated carbocycles. The Morgan fingerprint density at radius 3 is 2.21 bits per heavy atom. The normalized spacial score (nSPS) is 28.4. The number of primary amides is 1. The number of likely N-dealkylation sites (tertiary alicyclic amines) is 2. The Labute approximate surface area is 163 Å². The predicted octanol–water partition coefficient (Wildman–Crippen LogP) is -2.32. The van der Waals surface area contributed by atoms with E-state index in [1.165, 1.54) is 4.90 Å². The average molecular weight is 395 g/mol. The van der Waals surface area contributed by atoms with Gasteiger partial charge in [0.05, 0.1) is 12.6 Å². The number of rotatable bonds is 6. The van der Waals surface area contributed by atoms with E-state index in [2.05, 4.69) is 10.6 Å². The van der Waals surface area contributed by atoms with Crippen LogP contribution in [-0.2, 0) is 19.2 Å². The average Bonchev–Trinajstić information content (AvgIpc) is 3.44. The first-order valence-corrected chi connectivity index (χ1v) is 9.99. The topological polar surface area (TPSA) is 145 Å². The van der Waals surface area contributed by atoms with Gasteiger partial charge in [-0.2, -0.15) is 0 Å².